The van der Waals surface area contributed by atoms with Gasteiger partial charge >= 0.3 is 11.7 Å². The van der Waals surface area contributed by atoms with Crippen LogP contribution in [0.2, 0.25) is 0 Å². The van der Waals surface area contributed by atoms with E-state index in [0.717, 1.165) is 30.2 Å². The molecule has 0 N–H and O–H groups in total. The molecular weight excluding hydrogens is 474 g/mol. The Kier molecular flexibility index (Phi) is 7.11. The first-order valence-corrected chi connectivity index (χ1v) is 10.1. The largest absolute Gasteiger partial charge is 0.493 e. The Hall–Kier alpha value is -4.46. The number of esters is 1. The number of methoxy groups -OCH3 is 2. The molecule has 1 aliphatic heterocycles. The zero-order chi connectivity index (χ0) is 25.0. The normalized spacial score (nSPS) is 14.3. The average molecular weight is 489 g/mol. The first-order chi connectivity index (χ1) is 16.1. The van der Waals surface area contributed by atoms with Gasteiger partial charge in [0.05, 0.1) is 35.0 Å². The van der Waals surface area contributed by atoms with Crippen LogP contribution in [0.3, 0.4) is 0 Å². The van der Waals surface area contributed by atoms with E-state index in [1.807, 2.05) is 0 Å². The van der Waals surface area contributed by atoms with Crippen molar-refractivity contribution in [2.75, 3.05) is 20.8 Å². The number of benzene rings is 2. The van der Waals surface area contributed by atoms with Gasteiger partial charge in [0.1, 0.15) is 6.54 Å². The Morgan fingerprint density at radius 1 is 1.03 bits per heavy atom. The van der Waals surface area contributed by atoms with Crippen LogP contribution >= 0.6 is 11.8 Å². The summed E-state index contributed by atoms with van der Waals surface area (Å²) in [6.07, 6.45) is 1.41. The van der Waals surface area contributed by atoms with Gasteiger partial charge in [-0.25, -0.2) is 0 Å². The van der Waals surface area contributed by atoms with E-state index in [0.29, 0.717) is 17.3 Å². The summed E-state index contributed by atoms with van der Waals surface area (Å²) >= 11 is 0.647. The van der Waals surface area contributed by atoms with Crippen LogP contribution < -0.4 is 9.47 Å². The van der Waals surface area contributed by atoms with Crippen molar-refractivity contribution in [3.05, 3.63) is 67.1 Å². The number of rotatable bonds is 8. The van der Waals surface area contributed by atoms with E-state index < -0.39 is 44.9 Å². The van der Waals surface area contributed by atoms with Gasteiger partial charge in [0.15, 0.2) is 11.5 Å². The van der Waals surface area contributed by atoms with Crippen molar-refractivity contribution in [3.8, 4) is 17.2 Å². The summed E-state index contributed by atoms with van der Waals surface area (Å²) in [6.45, 7) is -0.511. The molecule has 2 amide bonds. The predicted molar refractivity (Wildman–Crippen MR) is 118 cm³/mol. The molecule has 2 aromatic carbocycles. The third-order valence-corrected chi connectivity index (χ3v) is 5.35. The zero-order valence-electron chi connectivity index (χ0n) is 17.6. The van der Waals surface area contributed by atoms with E-state index in [1.54, 1.807) is 0 Å². The highest BCUT2D eigenvalue weighted by Gasteiger charge is 2.36. The van der Waals surface area contributed by atoms with Crippen LogP contribution in [0.15, 0.2) is 41.3 Å². The number of ether oxygens (including phenoxy) is 3. The quantitative estimate of drug-likeness (QED) is 0.230. The number of thioether (sulfide) groups is 1. The lowest BCUT2D eigenvalue weighted by Gasteiger charge is -2.11. The maximum absolute atomic E-state index is 12.5. The first kappa shape index (κ1) is 24.2. The molecule has 14 heteroatoms. The minimum atomic E-state index is -0.812. The van der Waals surface area contributed by atoms with Gasteiger partial charge in [-0.3, -0.25) is 39.5 Å². The van der Waals surface area contributed by atoms with Crippen molar-refractivity contribution in [1.29, 1.82) is 0 Å². The standard InChI is InChI=1S/C20H15N3O10S/c1-31-16-7-11(8-17-19(25)21(20(26)34-17)10-18(24)32-2)3-5-15(16)33-14-6-4-12(22(27)28)9-13(14)23(29)30/h3-9H,10H2,1-2H3/b17-8+. The molecule has 13 nitrogen and oxygen atoms in total. The number of amides is 2. The molecule has 1 fully saturated rings. The number of nitrogens with zero attached hydrogens (tertiary/aromatic N) is 3. The number of nitro groups is 2. The molecule has 0 spiro atoms. The van der Waals surface area contributed by atoms with E-state index in [4.69, 9.17) is 9.47 Å². The second-order valence-corrected chi connectivity index (χ2v) is 7.52. The molecule has 0 atom stereocenters. The second-order valence-electron chi connectivity index (χ2n) is 6.52. The number of carbonyl (C=O) groups excluding carboxylic acids is 3. The number of hydrogen-bond donors (Lipinski definition) is 0. The van der Waals surface area contributed by atoms with E-state index in [1.165, 1.54) is 31.4 Å². The third-order valence-electron chi connectivity index (χ3n) is 4.44. The molecule has 0 bridgehead atoms. The molecule has 0 aromatic heterocycles. The zero-order valence-corrected chi connectivity index (χ0v) is 18.4. The van der Waals surface area contributed by atoms with E-state index in [2.05, 4.69) is 4.74 Å². The Balaban J connectivity index is 1.88. The number of nitro benzene ring substituents is 2. The Labute approximate surface area is 195 Å². The molecule has 0 aliphatic carbocycles. The van der Waals surface area contributed by atoms with Crippen LogP contribution in [-0.4, -0.2) is 52.6 Å². The average Bonchev–Trinajstić information content (AvgIpc) is 3.06. The van der Waals surface area contributed by atoms with Gasteiger partial charge in [0.25, 0.3) is 16.8 Å². The van der Waals surface area contributed by atoms with Gasteiger partial charge in [-0.1, -0.05) is 6.07 Å². The van der Waals surface area contributed by atoms with Crippen molar-refractivity contribution in [3.63, 3.8) is 0 Å². The first-order valence-electron chi connectivity index (χ1n) is 9.25. The summed E-state index contributed by atoms with van der Waals surface area (Å²) in [4.78, 5) is 57.4. The minimum absolute atomic E-state index is 0.0652. The van der Waals surface area contributed by atoms with Crippen LogP contribution in [0.5, 0.6) is 17.2 Å². The van der Waals surface area contributed by atoms with Crippen molar-refractivity contribution in [2.24, 2.45) is 0 Å². The molecule has 0 saturated carbocycles. The predicted octanol–water partition coefficient (Wildman–Crippen LogP) is 3.51. The summed E-state index contributed by atoms with van der Waals surface area (Å²) in [6, 6.07) is 7.31. The highest BCUT2D eigenvalue weighted by molar-refractivity contribution is 8.18. The number of non-ortho nitro benzene ring substituents is 1. The second kappa shape index (κ2) is 9.99. The van der Waals surface area contributed by atoms with Crippen molar-refractivity contribution >= 4 is 46.3 Å². The molecule has 3 rings (SSSR count). The third kappa shape index (κ3) is 5.12. The monoisotopic (exact) mass is 489 g/mol. The summed E-state index contributed by atoms with van der Waals surface area (Å²) in [7, 11) is 2.46. The van der Waals surface area contributed by atoms with Crippen LogP contribution in [0, 0.1) is 20.2 Å². The summed E-state index contributed by atoms with van der Waals surface area (Å²) in [5.74, 6) is -1.45. The smallest absolute Gasteiger partial charge is 0.325 e. The highest BCUT2D eigenvalue weighted by atomic mass is 32.2. The fraction of sp³-hybridized carbons (Fsp3) is 0.150. The van der Waals surface area contributed by atoms with Crippen LogP contribution in [0.25, 0.3) is 6.08 Å². The van der Waals surface area contributed by atoms with E-state index >= 15 is 0 Å². The molecular formula is C20H15N3O10S. The number of imide groups is 1. The molecule has 1 heterocycles. The van der Waals surface area contributed by atoms with Crippen LogP contribution in [0.1, 0.15) is 5.56 Å². The Bertz CT molecular complexity index is 1240. The van der Waals surface area contributed by atoms with Crippen LogP contribution in [-0.2, 0) is 14.3 Å². The van der Waals surface area contributed by atoms with Crippen LogP contribution in [0.4, 0.5) is 16.2 Å². The van der Waals surface area contributed by atoms with Crippen molar-refractivity contribution in [2.45, 2.75) is 0 Å². The molecule has 176 valence electrons. The summed E-state index contributed by atoms with van der Waals surface area (Å²) < 4.78 is 15.3. The Morgan fingerprint density at radius 3 is 2.35 bits per heavy atom. The summed E-state index contributed by atoms with van der Waals surface area (Å²) in [5, 5.41) is 21.6. The van der Waals surface area contributed by atoms with Gasteiger partial charge in [0, 0.05) is 6.07 Å². The Morgan fingerprint density at radius 2 is 1.74 bits per heavy atom. The van der Waals surface area contributed by atoms with E-state index in [-0.39, 0.29) is 22.2 Å². The topological polar surface area (TPSA) is 168 Å². The molecule has 0 unspecified atom stereocenters. The van der Waals surface area contributed by atoms with Gasteiger partial charge in [-0.15, -0.1) is 0 Å². The lowest BCUT2D eigenvalue weighted by molar-refractivity contribution is -0.394. The maximum atomic E-state index is 12.5. The van der Waals surface area contributed by atoms with Gasteiger partial charge in [-0.05, 0) is 41.6 Å². The molecule has 1 aliphatic rings. The fourth-order valence-electron chi connectivity index (χ4n) is 2.81. The SMILES string of the molecule is COC(=O)CN1C(=O)S/C(=C/c2ccc(Oc3ccc([N+](=O)[O-])cc3[N+](=O)[O-])c(OC)c2)C1=O. The molecule has 34 heavy (non-hydrogen) atoms. The number of hydrogen-bond acceptors (Lipinski definition) is 11. The van der Waals surface area contributed by atoms with Gasteiger partial charge in [-0.2, -0.15) is 0 Å². The van der Waals surface area contributed by atoms with Crippen molar-refractivity contribution < 1.29 is 38.4 Å². The van der Waals surface area contributed by atoms with Gasteiger partial charge in [0.2, 0.25) is 5.75 Å². The molecule has 0 radical (unpaired) electrons. The van der Waals surface area contributed by atoms with E-state index in [9.17, 15) is 34.6 Å². The summed E-state index contributed by atoms with van der Waals surface area (Å²) in [5.41, 5.74) is -0.645. The lowest BCUT2D eigenvalue weighted by atomic mass is 10.1. The number of carbonyl (C=O) groups is 3. The lowest BCUT2D eigenvalue weighted by Crippen LogP contribution is -2.34. The van der Waals surface area contributed by atoms with Gasteiger partial charge < -0.3 is 14.2 Å². The maximum Gasteiger partial charge on any atom is 0.325 e. The fourth-order valence-corrected chi connectivity index (χ4v) is 3.64. The highest BCUT2D eigenvalue weighted by Crippen LogP contribution is 2.39. The molecule has 2 aromatic rings. The van der Waals surface area contributed by atoms with Crippen molar-refractivity contribution in [1.82, 2.24) is 4.90 Å². The minimum Gasteiger partial charge on any atom is -0.493 e. The molecule has 1 saturated heterocycles.